The second-order valence-electron chi connectivity index (χ2n) is 5.16. The van der Waals surface area contributed by atoms with Crippen molar-refractivity contribution >= 4 is 50.7 Å². The number of thiazole rings is 1. The first-order valence-electron chi connectivity index (χ1n) is 7.20. The Kier molecular flexibility index (Phi) is 5.03. The number of halogens is 2. The largest absolute Gasteiger partial charge is 0.493 e. The van der Waals surface area contributed by atoms with Crippen LogP contribution in [0.4, 0.5) is 0 Å². The molecule has 0 radical (unpaired) electrons. The van der Waals surface area contributed by atoms with Crippen molar-refractivity contribution in [2.24, 2.45) is 12.0 Å². The Bertz CT molecular complexity index is 1040. The molecule has 0 unspecified atom stereocenters. The van der Waals surface area contributed by atoms with Gasteiger partial charge in [0.15, 0.2) is 16.3 Å². The van der Waals surface area contributed by atoms with E-state index in [0.29, 0.717) is 26.9 Å². The number of aryl methyl sites for hydroxylation is 1. The minimum atomic E-state index is -0.428. The summed E-state index contributed by atoms with van der Waals surface area (Å²) < 4.78 is 13.4. The Morgan fingerprint density at radius 1 is 1.12 bits per heavy atom. The third-order valence-corrected chi connectivity index (χ3v) is 5.32. The molecule has 0 saturated carbocycles. The Morgan fingerprint density at radius 3 is 2.44 bits per heavy atom. The van der Waals surface area contributed by atoms with E-state index in [1.165, 1.54) is 17.4 Å². The summed E-state index contributed by atoms with van der Waals surface area (Å²) in [4.78, 5) is 17.2. The highest BCUT2D eigenvalue weighted by molar-refractivity contribution is 7.16. The number of aromatic nitrogens is 1. The van der Waals surface area contributed by atoms with Gasteiger partial charge in [-0.3, -0.25) is 4.79 Å². The standard InChI is InChI=1S/C17H14Cl2N2O3S/c1-21-12-7-13(23-2)14(24-3)8-15(12)25-17(21)20-16(22)10-5-4-9(18)6-11(10)19/h4-8H,1-3H3. The van der Waals surface area contributed by atoms with Gasteiger partial charge in [-0.2, -0.15) is 4.99 Å². The van der Waals surface area contributed by atoms with Crippen LogP contribution in [0.5, 0.6) is 11.5 Å². The molecule has 1 amide bonds. The van der Waals surface area contributed by atoms with E-state index in [4.69, 9.17) is 32.7 Å². The summed E-state index contributed by atoms with van der Waals surface area (Å²) in [5.41, 5.74) is 1.19. The zero-order valence-electron chi connectivity index (χ0n) is 13.7. The third-order valence-electron chi connectivity index (χ3n) is 3.67. The molecular formula is C17H14Cl2N2O3S. The van der Waals surface area contributed by atoms with Gasteiger partial charge in [-0.1, -0.05) is 34.5 Å². The normalized spacial score (nSPS) is 11.8. The van der Waals surface area contributed by atoms with E-state index in [1.54, 1.807) is 26.4 Å². The predicted octanol–water partition coefficient (Wildman–Crippen LogP) is 4.30. The minimum Gasteiger partial charge on any atom is -0.493 e. The molecule has 1 heterocycles. The highest BCUT2D eigenvalue weighted by Gasteiger charge is 2.13. The number of hydrogen-bond acceptors (Lipinski definition) is 4. The van der Waals surface area contributed by atoms with Crippen LogP contribution >= 0.6 is 34.5 Å². The molecule has 130 valence electrons. The molecule has 0 N–H and O–H groups in total. The smallest absolute Gasteiger partial charge is 0.281 e. The van der Waals surface area contributed by atoms with Crippen molar-refractivity contribution in [1.82, 2.24) is 4.57 Å². The highest BCUT2D eigenvalue weighted by atomic mass is 35.5. The maximum Gasteiger partial charge on any atom is 0.281 e. The van der Waals surface area contributed by atoms with Crippen molar-refractivity contribution < 1.29 is 14.3 Å². The van der Waals surface area contributed by atoms with E-state index < -0.39 is 5.91 Å². The lowest BCUT2D eigenvalue weighted by Gasteiger charge is -2.07. The second kappa shape index (κ2) is 7.07. The molecule has 1 aromatic heterocycles. The third kappa shape index (κ3) is 3.38. The van der Waals surface area contributed by atoms with Crippen molar-refractivity contribution in [3.05, 3.63) is 50.7 Å². The van der Waals surface area contributed by atoms with Gasteiger partial charge < -0.3 is 14.0 Å². The summed E-state index contributed by atoms with van der Waals surface area (Å²) in [6.45, 7) is 0. The summed E-state index contributed by atoms with van der Waals surface area (Å²) >= 11 is 13.3. The first-order valence-corrected chi connectivity index (χ1v) is 8.77. The molecule has 0 bridgehead atoms. The Morgan fingerprint density at radius 2 is 1.80 bits per heavy atom. The number of carbonyl (C=O) groups excluding carboxylic acids is 1. The average Bonchev–Trinajstić information content (AvgIpc) is 2.88. The number of nitrogens with zero attached hydrogens (tertiary/aromatic N) is 2. The molecule has 5 nitrogen and oxygen atoms in total. The molecule has 0 fully saturated rings. The van der Waals surface area contributed by atoms with Gasteiger partial charge in [0, 0.05) is 24.2 Å². The van der Waals surface area contributed by atoms with Gasteiger partial charge in [-0.05, 0) is 18.2 Å². The number of ether oxygens (including phenoxy) is 2. The lowest BCUT2D eigenvalue weighted by Crippen LogP contribution is -2.13. The molecule has 0 spiro atoms. The van der Waals surface area contributed by atoms with Crippen molar-refractivity contribution in [1.29, 1.82) is 0 Å². The quantitative estimate of drug-likeness (QED) is 0.662. The highest BCUT2D eigenvalue weighted by Crippen LogP contribution is 2.33. The monoisotopic (exact) mass is 396 g/mol. The first-order chi connectivity index (χ1) is 11.9. The Balaban J connectivity index is 2.13. The topological polar surface area (TPSA) is 52.8 Å². The zero-order valence-corrected chi connectivity index (χ0v) is 16.0. The maximum absolute atomic E-state index is 12.5. The molecule has 0 saturated heterocycles. The molecule has 3 rings (SSSR count). The van der Waals surface area contributed by atoms with Gasteiger partial charge >= 0.3 is 0 Å². The Hall–Kier alpha value is -2.02. The van der Waals surface area contributed by atoms with Crippen molar-refractivity contribution in [2.45, 2.75) is 0 Å². The molecule has 3 aromatic rings. The van der Waals surface area contributed by atoms with Gasteiger partial charge in [-0.25, -0.2) is 0 Å². The lowest BCUT2D eigenvalue weighted by atomic mass is 10.2. The van der Waals surface area contributed by atoms with E-state index >= 15 is 0 Å². The fraction of sp³-hybridized carbons (Fsp3) is 0.176. The number of amides is 1. The minimum absolute atomic E-state index is 0.272. The molecule has 25 heavy (non-hydrogen) atoms. The number of methoxy groups -OCH3 is 2. The van der Waals surface area contributed by atoms with Crippen LogP contribution in [-0.4, -0.2) is 24.7 Å². The van der Waals surface area contributed by atoms with Crippen LogP contribution in [0, 0.1) is 0 Å². The van der Waals surface area contributed by atoms with Crippen LogP contribution in [-0.2, 0) is 7.05 Å². The molecule has 0 aliphatic heterocycles. The van der Waals surface area contributed by atoms with Gasteiger partial charge in [0.25, 0.3) is 5.91 Å². The van der Waals surface area contributed by atoms with E-state index in [1.807, 2.05) is 23.7 Å². The summed E-state index contributed by atoms with van der Waals surface area (Å²) in [5, 5.41) is 0.738. The molecular weight excluding hydrogens is 383 g/mol. The lowest BCUT2D eigenvalue weighted by molar-refractivity contribution is 0.0998. The van der Waals surface area contributed by atoms with Crippen molar-refractivity contribution in [3.63, 3.8) is 0 Å². The molecule has 2 aromatic carbocycles. The number of rotatable bonds is 3. The summed E-state index contributed by atoms with van der Waals surface area (Å²) in [6, 6.07) is 8.40. The number of benzene rings is 2. The van der Waals surface area contributed by atoms with Crippen LogP contribution in [0.15, 0.2) is 35.3 Å². The average molecular weight is 397 g/mol. The first kappa shape index (κ1) is 17.8. The molecule has 0 aliphatic rings. The van der Waals surface area contributed by atoms with Crippen molar-refractivity contribution in [3.8, 4) is 11.5 Å². The van der Waals surface area contributed by atoms with E-state index in [2.05, 4.69) is 4.99 Å². The number of fused-ring (bicyclic) bond motifs is 1. The predicted molar refractivity (Wildman–Crippen MR) is 100 cm³/mol. The zero-order chi connectivity index (χ0) is 18.1. The summed E-state index contributed by atoms with van der Waals surface area (Å²) in [7, 11) is 4.99. The fourth-order valence-corrected chi connectivity index (χ4v) is 3.89. The molecule has 0 aliphatic carbocycles. The second-order valence-corrected chi connectivity index (χ2v) is 7.01. The number of carbonyl (C=O) groups is 1. The van der Waals surface area contributed by atoms with Crippen LogP contribution in [0.3, 0.4) is 0 Å². The fourth-order valence-electron chi connectivity index (χ4n) is 2.37. The Labute approximate surface area is 158 Å². The van der Waals surface area contributed by atoms with E-state index in [0.717, 1.165) is 10.2 Å². The van der Waals surface area contributed by atoms with Gasteiger partial charge in [-0.15, -0.1) is 0 Å². The van der Waals surface area contributed by atoms with Gasteiger partial charge in [0.05, 0.1) is 35.0 Å². The van der Waals surface area contributed by atoms with Crippen molar-refractivity contribution in [2.75, 3.05) is 14.2 Å². The van der Waals surface area contributed by atoms with Crippen LogP contribution in [0.1, 0.15) is 10.4 Å². The van der Waals surface area contributed by atoms with E-state index in [-0.39, 0.29) is 5.02 Å². The van der Waals surface area contributed by atoms with Gasteiger partial charge in [0.2, 0.25) is 0 Å². The van der Waals surface area contributed by atoms with E-state index in [9.17, 15) is 4.79 Å². The van der Waals surface area contributed by atoms with Crippen LogP contribution in [0.25, 0.3) is 10.2 Å². The molecule has 0 atom stereocenters. The number of hydrogen-bond donors (Lipinski definition) is 0. The molecule has 8 heteroatoms. The van der Waals surface area contributed by atoms with Gasteiger partial charge in [0.1, 0.15) is 0 Å². The van der Waals surface area contributed by atoms with Crippen LogP contribution in [0.2, 0.25) is 10.0 Å². The summed E-state index contributed by atoms with van der Waals surface area (Å²) in [5.74, 6) is 0.806. The maximum atomic E-state index is 12.5. The van der Waals surface area contributed by atoms with Crippen LogP contribution < -0.4 is 14.3 Å². The summed E-state index contributed by atoms with van der Waals surface area (Å²) in [6.07, 6.45) is 0. The SMILES string of the molecule is COc1cc2sc(=NC(=O)c3ccc(Cl)cc3Cl)n(C)c2cc1OC.